The van der Waals surface area contributed by atoms with Crippen LogP contribution in [0.1, 0.15) is 40.2 Å². The quantitative estimate of drug-likeness (QED) is 0.724. The van der Waals surface area contributed by atoms with Gasteiger partial charge in [0.05, 0.1) is 0 Å². The van der Waals surface area contributed by atoms with Crippen LogP contribution < -0.4 is 10.9 Å². The average Bonchev–Trinajstić information content (AvgIpc) is 3.10. The van der Waals surface area contributed by atoms with E-state index < -0.39 is 5.91 Å². The zero-order valence-electron chi connectivity index (χ0n) is 12.2. The molecule has 6 nitrogen and oxygen atoms in total. The van der Waals surface area contributed by atoms with Gasteiger partial charge < -0.3 is 0 Å². The van der Waals surface area contributed by atoms with Crippen molar-refractivity contribution >= 4 is 38.7 Å². The Morgan fingerprint density at radius 2 is 2.09 bits per heavy atom. The molecule has 3 aromatic rings. The molecule has 0 saturated carbocycles. The number of amides is 1. The lowest BCUT2D eigenvalue weighted by Gasteiger charge is -2.04. The van der Waals surface area contributed by atoms with Crippen molar-refractivity contribution in [2.45, 2.75) is 32.1 Å². The molecule has 0 radical (unpaired) electrons. The van der Waals surface area contributed by atoms with Gasteiger partial charge in [-0.1, -0.05) is 6.42 Å². The summed E-state index contributed by atoms with van der Waals surface area (Å²) in [5.74, 6) is -0.458. The van der Waals surface area contributed by atoms with E-state index in [1.54, 1.807) is 27.3 Å². The van der Waals surface area contributed by atoms with Crippen LogP contribution in [0.3, 0.4) is 0 Å². The fourth-order valence-corrected chi connectivity index (χ4v) is 4.54. The van der Waals surface area contributed by atoms with Gasteiger partial charge in [0, 0.05) is 28.3 Å². The molecule has 1 aliphatic carbocycles. The molecule has 1 aliphatic rings. The summed E-state index contributed by atoms with van der Waals surface area (Å²) in [7, 11) is 0. The summed E-state index contributed by atoms with van der Waals surface area (Å²) in [5.41, 5.74) is 0.801. The van der Waals surface area contributed by atoms with Crippen molar-refractivity contribution in [3.05, 3.63) is 44.3 Å². The number of thiazole rings is 2. The van der Waals surface area contributed by atoms with Crippen LogP contribution >= 0.6 is 22.7 Å². The van der Waals surface area contributed by atoms with Crippen LogP contribution in [0, 0.1) is 0 Å². The van der Waals surface area contributed by atoms with E-state index in [1.165, 1.54) is 28.8 Å². The molecule has 0 saturated heterocycles. The second-order valence-electron chi connectivity index (χ2n) is 5.42. The molecule has 0 fully saturated rings. The molecule has 3 heterocycles. The van der Waals surface area contributed by atoms with Crippen LogP contribution in [-0.2, 0) is 12.8 Å². The summed E-state index contributed by atoms with van der Waals surface area (Å²) in [6, 6.07) is 0. The van der Waals surface area contributed by atoms with Crippen molar-refractivity contribution < 1.29 is 4.79 Å². The largest absolute Gasteiger partial charge is 0.298 e. The number of aryl methyl sites for hydroxylation is 2. The first-order valence-electron chi connectivity index (χ1n) is 7.47. The third-order valence-electron chi connectivity index (χ3n) is 3.95. The third kappa shape index (κ3) is 2.57. The molecule has 0 atom stereocenters. The number of rotatable bonds is 2. The normalized spacial score (nSPS) is 14.4. The lowest BCUT2D eigenvalue weighted by molar-refractivity contribution is 0.102. The van der Waals surface area contributed by atoms with Crippen LogP contribution in [-0.4, -0.2) is 20.3 Å². The highest BCUT2D eigenvalue weighted by Crippen LogP contribution is 2.27. The Bertz CT molecular complexity index is 927. The highest BCUT2D eigenvalue weighted by molar-refractivity contribution is 7.17. The summed E-state index contributed by atoms with van der Waals surface area (Å²) in [4.78, 5) is 35.4. The first kappa shape index (κ1) is 14.5. The van der Waals surface area contributed by atoms with Gasteiger partial charge in [0.25, 0.3) is 11.5 Å². The Morgan fingerprint density at radius 3 is 2.91 bits per heavy atom. The maximum Gasteiger partial charge on any atom is 0.271 e. The van der Waals surface area contributed by atoms with Crippen LogP contribution in [0.25, 0.3) is 4.96 Å². The summed E-state index contributed by atoms with van der Waals surface area (Å²) in [6.45, 7) is 0. The summed E-state index contributed by atoms with van der Waals surface area (Å²) in [6.07, 6.45) is 8.23. The molecule has 1 amide bonds. The summed E-state index contributed by atoms with van der Waals surface area (Å²) < 4.78 is 1.63. The van der Waals surface area contributed by atoms with Crippen molar-refractivity contribution in [3.63, 3.8) is 0 Å². The van der Waals surface area contributed by atoms with Crippen LogP contribution in [0.15, 0.2) is 22.6 Å². The number of carbonyl (C=O) groups is 1. The second-order valence-corrected chi connectivity index (χ2v) is 7.38. The Morgan fingerprint density at radius 1 is 1.22 bits per heavy atom. The van der Waals surface area contributed by atoms with Crippen molar-refractivity contribution in [2.75, 3.05) is 5.32 Å². The maximum atomic E-state index is 12.8. The van der Waals surface area contributed by atoms with Gasteiger partial charge in [-0.2, -0.15) is 0 Å². The number of nitrogens with one attached hydrogen (secondary N) is 1. The number of hydrogen-bond donors (Lipinski definition) is 1. The molecule has 8 heteroatoms. The molecular weight excluding hydrogens is 332 g/mol. The molecule has 1 N–H and O–H groups in total. The van der Waals surface area contributed by atoms with Gasteiger partial charge in [-0.05, 0) is 25.7 Å². The van der Waals surface area contributed by atoms with Crippen molar-refractivity contribution in [1.82, 2.24) is 14.4 Å². The van der Waals surface area contributed by atoms with Crippen molar-refractivity contribution in [2.24, 2.45) is 0 Å². The van der Waals surface area contributed by atoms with Gasteiger partial charge in [0.2, 0.25) is 0 Å². The standard InChI is InChI=1S/C15H14N4O2S2/c20-12(18-14-16-6-7-22-14)9-8-17-15-19(13(9)21)10-4-2-1-3-5-11(10)23-15/h6-8H,1-5H2,(H,16,18,20). The highest BCUT2D eigenvalue weighted by Gasteiger charge is 2.21. The van der Waals surface area contributed by atoms with Crippen LogP contribution in [0.2, 0.25) is 0 Å². The number of aromatic nitrogens is 3. The van der Waals surface area contributed by atoms with E-state index in [0.29, 0.717) is 10.1 Å². The molecule has 118 valence electrons. The SMILES string of the molecule is O=C(Nc1nccs1)c1cnc2sc3c(n2c1=O)CCCCC3. The lowest BCUT2D eigenvalue weighted by atomic mass is 10.2. The van der Waals surface area contributed by atoms with E-state index in [4.69, 9.17) is 0 Å². The molecular formula is C15H14N4O2S2. The van der Waals surface area contributed by atoms with E-state index in [2.05, 4.69) is 15.3 Å². The smallest absolute Gasteiger partial charge is 0.271 e. The zero-order chi connectivity index (χ0) is 15.8. The Balaban J connectivity index is 1.79. The highest BCUT2D eigenvalue weighted by atomic mass is 32.1. The molecule has 4 rings (SSSR count). The van der Waals surface area contributed by atoms with E-state index in [-0.39, 0.29) is 11.1 Å². The molecule has 0 bridgehead atoms. The molecule has 0 aromatic carbocycles. The van der Waals surface area contributed by atoms with Crippen molar-refractivity contribution in [1.29, 1.82) is 0 Å². The minimum absolute atomic E-state index is 0.0579. The first-order chi connectivity index (χ1) is 11.2. The van der Waals surface area contributed by atoms with Gasteiger partial charge in [-0.15, -0.1) is 22.7 Å². The van der Waals surface area contributed by atoms with Gasteiger partial charge >= 0.3 is 0 Å². The van der Waals surface area contributed by atoms with Crippen molar-refractivity contribution in [3.8, 4) is 0 Å². The molecule has 23 heavy (non-hydrogen) atoms. The fourth-order valence-electron chi connectivity index (χ4n) is 2.85. The maximum absolute atomic E-state index is 12.8. The Hall–Kier alpha value is -2.06. The first-order valence-corrected chi connectivity index (χ1v) is 9.17. The average molecular weight is 346 g/mol. The van der Waals surface area contributed by atoms with Gasteiger partial charge in [0.1, 0.15) is 5.56 Å². The van der Waals surface area contributed by atoms with Gasteiger partial charge in [-0.25, -0.2) is 9.97 Å². The Labute approximate surface area is 139 Å². The number of fused-ring (bicyclic) bond motifs is 3. The summed E-state index contributed by atoms with van der Waals surface area (Å²) in [5, 5.41) is 4.89. The molecule has 0 spiro atoms. The van der Waals surface area contributed by atoms with Gasteiger partial charge in [-0.3, -0.25) is 19.3 Å². The van der Waals surface area contributed by atoms with Crippen LogP contribution in [0.5, 0.6) is 0 Å². The van der Waals surface area contributed by atoms with E-state index in [0.717, 1.165) is 31.4 Å². The number of anilines is 1. The number of nitrogens with zero attached hydrogens (tertiary/aromatic N) is 3. The van der Waals surface area contributed by atoms with E-state index in [1.807, 2.05) is 0 Å². The number of carbonyl (C=O) groups excluding carboxylic acids is 1. The van der Waals surface area contributed by atoms with Crippen LogP contribution in [0.4, 0.5) is 5.13 Å². The second kappa shape index (κ2) is 5.86. The molecule has 0 unspecified atom stereocenters. The monoisotopic (exact) mass is 346 g/mol. The molecule has 0 aliphatic heterocycles. The minimum Gasteiger partial charge on any atom is -0.298 e. The molecule has 3 aromatic heterocycles. The number of hydrogen-bond acceptors (Lipinski definition) is 6. The third-order valence-corrected chi connectivity index (χ3v) is 5.80. The Kier molecular flexibility index (Phi) is 3.70. The zero-order valence-corrected chi connectivity index (χ0v) is 13.9. The predicted molar refractivity (Wildman–Crippen MR) is 90.7 cm³/mol. The topological polar surface area (TPSA) is 76.4 Å². The van der Waals surface area contributed by atoms with Gasteiger partial charge in [0.15, 0.2) is 10.1 Å². The predicted octanol–water partition coefficient (Wildman–Crippen LogP) is 2.73. The fraction of sp³-hybridized carbons (Fsp3) is 0.333. The minimum atomic E-state index is -0.458. The summed E-state index contributed by atoms with van der Waals surface area (Å²) >= 11 is 2.88. The van der Waals surface area contributed by atoms with E-state index >= 15 is 0 Å². The van der Waals surface area contributed by atoms with E-state index in [9.17, 15) is 9.59 Å². The lowest BCUT2D eigenvalue weighted by Crippen LogP contribution is -2.27.